The van der Waals surface area contributed by atoms with Gasteiger partial charge in [0.1, 0.15) is 6.10 Å². The van der Waals surface area contributed by atoms with Crippen molar-refractivity contribution in [3.05, 3.63) is 24.1 Å². The summed E-state index contributed by atoms with van der Waals surface area (Å²) in [7, 11) is 2.11. The van der Waals surface area contributed by atoms with Crippen molar-refractivity contribution in [2.24, 2.45) is 0 Å². The predicted octanol–water partition coefficient (Wildman–Crippen LogP) is 3.12. The molecule has 0 radical (unpaired) electrons. The lowest BCUT2D eigenvalue weighted by Gasteiger charge is -2.37. The highest BCUT2D eigenvalue weighted by molar-refractivity contribution is 5.73. The molecule has 2 atom stereocenters. The Morgan fingerprint density at radius 3 is 2.18 bits per heavy atom. The van der Waals surface area contributed by atoms with Crippen LogP contribution >= 0.6 is 0 Å². The highest BCUT2D eigenvalue weighted by atomic mass is 19.4. The summed E-state index contributed by atoms with van der Waals surface area (Å²) in [5, 5.41) is 14.2. The van der Waals surface area contributed by atoms with Crippen LogP contribution in [-0.2, 0) is 14.3 Å². The molecular formula is C18H21F7N2O6. The molecule has 1 spiro atoms. The first kappa shape index (κ1) is 28.4. The van der Waals surface area contributed by atoms with E-state index in [0.29, 0.717) is 6.61 Å². The smallest absolute Gasteiger partial charge is 0.475 e. The van der Waals surface area contributed by atoms with E-state index in [0.717, 1.165) is 32.4 Å². The molecule has 2 fully saturated rings. The molecule has 2 aliphatic rings. The molecule has 8 nitrogen and oxygen atoms in total. The van der Waals surface area contributed by atoms with Gasteiger partial charge in [-0.05, 0) is 38.6 Å². The van der Waals surface area contributed by atoms with Crippen molar-refractivity contribution in [2.75, 3.05) is 26.7 Å². The third-order valence-corrected chi connectivity index (χ3v) is 4.39. The molecule has 0 saturated carbocycles. The zero-order valence-electron chi connectivity index (χ0n) is 17.1. The Balaban J connectivity index is 0.000000324. The van der Waals surface area contributed by atoms with E-state index in [4.69, 9.17) is 29.3 Å². The third-order valence-electron chi connectivity index (χ3n) is 4.39. The number of alkyl halides is 6. The molecule has 33 heavy (non-hydrogen) atoms. The minimum atomic E-state index is -5.08. The first-order valence-electron chi connectivity index (χ1n) is 9.25. The zero-order chi connectivity index (χ0) is 25.4. The van der Waals surface area contributed by atoms with Crippen molar-refractivity contribution in [2.45, 2.75) is 43.3 Å². The first-order chi connectivity index (χ1) is 15.1. The number of carboxylic acid groups (broad SMARTS) is 2. The van der Waals surface area contributed by atoms with E-state index in [1.54, 1.807) is 12.3 Å². The predicted molar refractivity (Wildman–Crippen MR) is 96.0 cm³/mol. The topological polar surface area (TPSA) is 109 Å². The molecule has 2 aliphatic heterocycles. The number of hydrogen-bond donors (Lipinski definition) is 2. The highest BCUT2D eigenvalue weighted by Gasteiger charge is 2.44. The minimum absolute atomic E-state index is 0.0808. The number of nitrogens with zero attached hydrogens (tertiary/aromatic N) is 2. The lowest BCUT2D eigenvalue weighted by Crippen LogP contribution is -2.46. The number of ether oxygens (including phenoxy) is 2. The summed E-state index contributed by atoms with van der Waals surface area (Å²) >= 11 is 0. The van der Waals surface area contributed by atoms with Gasteiger partial charge in [-0.25, -0.2) is 19.0 Å². The largest absolute Gasteiger partial charge is 0.490 e. The van der Waals surface area contributed by atoms with Crippen molar-refractivity contribution in [3.63, 3.8) is 0 Å². The first-order valence-corrected chi connectivity index (χ1v) is 9.25. The van der Waals surface area contributed by atoms with Crippen LogP contribution in [0.3, 0.4) is 0 Å². The van der Waals surface area contributed by atoms with Gasteiger partial charge < -0.3 is 24.6 Å². The van der Waals surface area contributed by atoms with E-state index >= 15 is 0 Å². The number of aliphatic carboxylic acids is 2. The van der Waals surface area contributed by atoms with Crippen molar-refractivity contribution < 1.29 is 60.0 Å². The van der Waals surface area contributed by atoms with E-state index in [1.165, 1.54) is 6.07 Å². The summed E-state index contributed by atoms with van der Waals surface area (Å²) in [5.41, 5.74) is -0.108. The molecule has 188 valence electrons. The van der Waals surface area contributed by atoms with Gasteiger partial charge in [0, 0.05) is 19.2 Å². The van der Waals surface area contributed by atoms with E-state index in [9.17, 15) is 30.7 Å². The van der Waals surface area contributed by atoms with Crippen LogP contribution in [0.1, 0.15) is 19.3 Å². The molecule has 3 rings (SSSR count). The second-order valence-electron chi connectivity index (χ2n) is 7.18. The lowest BCUT2D eigenvalue weighted by molar-refractivity contribution is -0.193. The van der Waals surface area contributed by atoms with Gasteiger partial charge in [-0.1, -0.05) is 0 Å². The van der Waals surface area contributed by atoms with Gasteiger partial charge in [-0.2, -0.15) is 26.3 Å². The summed E-state index contributed by atoms with van der Waals surface area (Å²) in [6, 6.07) is 2.92. The van der Waals surface area contributed by atoms with Crippen LogP contribution in [0.15, 0.2) is 18.3 Å². The molecule has 0 amide bonds. The van der Waals surface area contributed by atoms with Crippen LogP contribution < -0.4 is 4.74 Å². The van der Waals surface area contributed by atoms with Crippen LogP contribution in [0.4, 0.5) is 30.7 Å². The third kappa shape index (κ3) is 9.77. The normalized spacial score (nSPS) is 23.1. The van der Waals surface area contributed by atoms with Crippen LogP contribution in [0, 0.1) is 5.82 Å². The number of piperidine rings is 1. The van der Waals surface area contributed by atoms with Gasteiger partial charge in [-0.3, -0.25) is 0 Å². The quantitative estimate of drug-likeness (QED) is 0.604. The molecule has 0 unspecified atom stereocenters. The SMILES string of the molecule is CN1CCC[C@]2(C[C@H](Oc3ncccc3F)CO2)C1.O=C(O)C(F)(F)F.O=C(O)C(F)(F)F. The number of carbonyl (C=O) groups is 2. The standard InChI is InChI=1S/C14H19FN2O2.2C2HF3O2/c1-17-7-3-5-14(10-17)8-11(9-18-14)19-13-12(15)4-2-6-16-13;2*3-2(4,5)1(6)7/h2,4,6,11H,3,5,7-10H2,1H3;2*(H,6,7)/t11-,14-;;/m0../s1. The van der Waals surface area contributed by atoms with Crippen molar-refractivity contribution >= 4 is 11.9 Å². The monoisotopic (exact) mass is 494 g/mol. The number of likely N-dealkylation sites (N-methyl/N-ethyl adjacent to an activating group) is 1. The second-order valence-corrected chi connectivity index (χ2v) is 7.18. The second kappa shape index (κ2) is 11.4. The molecule has 2 N–H and O–H groups in total. The fraction of sp³-hybridized carbons (Fsp3) is 0.611. The molecule has 0 aromatic carbocycles. The van der Waals surface area contributed by atoms with Gasteiger partial charge in [0.2, 0.25) is 0 Å². The summed E-state index contributed by atoms with van der Waals surface area (Å²) in [6.45, 7) is 2.56. The Bertz CT molecular complexity index is 781. The number of pyridine rings is 1. The number of aromatic nitrogens is 1. The van der Waals surface area contributed by atoms with Crippen LogP contribution in [0.25, 0.3) is 0 Å². The summed E-state index contributed by atoms with van der Waals surface area (Å²) < 4.78 is 88.6. The van der Waals surface area contributed by atoms with Crippen molar-refractivity contribution in [3.8, 4) is 5.88 Å². The molecule has 2 saturated heterocycles. The maximum Gasteiger partial charge on any atom is 0.490 e. The fourth-order valence-corrected chi connectivity index (χ4v) is 3.10. The maximum atomic E-state index is 13.5. The Hall–Kier alpha value is -2.68. The van der Waals surface area contributed by atoms with Gasteiger partial charge in [0.05, 0.1) is 12.2 Å². The van der Waals surface area contributed by atoms with E-state index in [-0.39, 0.29) is 17.6 Å². The number of hydrogen-bond acceptors (Lipinski definition) is 6. The van der Waals surface area contributed by atoms with Crippen molar-refractivity contribution in [1.82, 2.24) is 9.88 Å². The van der Waals surface area contributed by atoms with Crippen LogP contribution in [0.5, 0.6) is 5.88 Å². The van der Waals surface area contributed by atoms with E-state index in [2.05, 4.69) is 16.9 Å². The van der Waals surface area contributed by atoms with Gasteiger partial charge >= 0.3 is 24.3 Å². The minimum Gasteiger partial charge on any atom is -0.475 e. The van der Waals surface area contributed by atoms with Gasteiger partial charge in [-0.15, -0.1) is 0 Å². The number of carboxylic acids is 2. The van der Waals surface area contributed by atoms with Crippen LogP contribution in [0.2, 0.25) is 0 Å². The molecule has 1 aromatic heterocycles. The summed E-state index contributed by atoms with van der Waals surface area (Å²) in [6.07, 6.45) is -5.72. The van der Waals surface area contributed by atoms with E-state index < -0.39 is 30.1 Å². The molecule has 0 aliphatic carbocycles. The molecular weight excluding hydrogens is 473 g/mol. The summed E-state index contributed by atoms with van der Waals surface area (Å²) in [4.78, 5) is 24.0. The molecule has 0 bridgehead atoms. The number of rotatable bonds is 2. The number of likely N-dealkylation sites (tertiary alicyclic amines) is 1. The van der Waals surface area contributed by atoms with Crippen LogP contribution in [-0.4, -0.2) is 82.8 Å². The molecule has 15 heteroatoms. The lowest BCUT2D eigenvalue weighted by atomic mass is 9.89. The number of halogens is 7. The zero-order valence-corrected chi connectivity index (χ0v) is 17.1. The Labute approximate surface area is 182 Å². The highest BCUT2D eigenvalue weighted by Crippen LogP contribution is 2.35. The average molecular weight is 494 g/mol. The fourth-order valence-electron chi connectivity index (χ4n) is 3.10. The van der Waals surface area contributed by atoms with Crippen molar-refractivity contribution in [1.29, 1.82) is 0 Å². The van der Waals surface area contributed by atoms with Gasteiger partial charge in [0.15, 0.2) is 5.82 Å². The van der Waals surface area contributed by atoms with Gasteiger partial charge in [0.25, 0.3) is 5.88 Å². The Kier molecular flexibility index (Phi) is 9.84. The molecule has 3 heterocycles. The maximum absolute atomic E-state index is 13.5. The Morgan fingerprint density at radius 1 is 1.18 bits per heavy atom. The Morgan fingerprint density at radius 2 is 1.73 bits per heavy atom. The summed E-state index contributed by atoms with van der Waals surface area (Å²) in [5.74, 6) is -5.85. The average Bonchev–Trinajstić information content (AvgIpc) is 3.04. The molecule has 1 aromatic rings. The van der Waals surface area contributed by atoms with E-state index in [1.807, 2.05) is 0 Å².